The predicted molar refractivity (Wildman–Crippen MR) is 86.0 cm³/mol. The molecule has 24 heavy (non-hydrogen) atoms. The summed E-state index contributed by atoms with van der Waals surface area (Å²) in [6.07, 6.45) is 3.53. The smallest absolute Gasteiger partial charge is 0.235 e. The molecule has 1 aliphatic carbocycles. The zero-order valence-corrected chi connectivity index (χ0v) is 13.7. The number of hydrogen-bond donors (Lipinski definition) is 1. The molecule has 1 unspecified atom stereocenters. The van der Waals surface area contributed by atoms with Crippen molar-refractivity contribution < 1.29 is 9.26 Å². The number of aromatic nitrogens is 5. The quantitative estimate of drug-likeness (QED) is 0.793. The molecular formula is C17H19N5O2. The van der Waals surface area contributed by atoms with Crippen LogP contribution in [0.2, 0.25) is 0 Å². The van der Waals surface area contributed by atoms with Gasteiger partial charge in [-0.05, 0) is 32.3 Å². The van der Waals surface area contributed by atoms with Crippen molar-refractivity contribution in [2.24, 2.45) is 0 Å². The molecule has 1 atom stereocenters. The summed E-state index contributed by atoms with van der Waals surface area (Å²) in [5, 5.41) is 15.3. The van der Waals surface area contributed by atoms with Crippen molar-refractivity contribution in [2.45, 2.75) is 38.5 Å². The van der Waals surface area contributed by atoms with Gasteiger partial charge in [0.25, 0.3) is 0 Å². The van der Waals surface area contributed by atoms with Gasteiger partial charge in [0.2, 0.25) is 5.89 Å². The van der Waals surface area contributed by atoms with Crippen molar-refractivity contribution in [2.75, 3.05) is 7.11 Å². The fraction of sp³-hybridized carbons (Fsp3) is 0.412. The van der Waals surface area contributed by atoms with Gasteiger partial charge in [0.15, 0.2) is 5.82 Å². The van der Waals surface area contributed by atoms with Crippen LogP contribution in [0.25, 0.3) is 0 Å². The lowest BCUT2D eigenvalue weighted by atomic mass is 9.90. The number of benzene rings is 1. The van der Waals surface area contributed by atoms with Crippen LogP contribution in [-0.2, 0) is 12.8 Å². The highest BCUT2D eigenvalue weighted by molar-refractivity contribution is 5.38. The van der Waals surface area contributed by atoms with Gasteiger partial charge < -0.3 is 9.26 Å². The minimum absolute atomic E-state index is 0.0353. The maximum atomic E-state index is 5.52. The van der Waals surface area contributed by atoms with Crippen LogP contribution in [0.1, 0.15) is 53.0 Å². The summed E-state index contributed by atoms with van der Waals surface area (Å²) >= 11 is 0. The molecule has 2 aromatic heterocycles. The van der Waals surface area contributed by atoms with Crippen molar-refractivity contribution in [3.8, 4) is 5.75 Å². The van der Waals surface area contributed by atoms with Crippen molar-refractivity contribution in [1.82, 2.24) is 25.6 Å². The lowest BCUT2D eigenvalue weighted by Gasteiger charge is -2.15. The van der Waals surface area contributed by atoms with E-state index in [2.05, 4.69) is 38.5 Å². The van der Waals surface area contributed by atoms with E-state index in [-0.39, 0.29) is 5.92 Å². The number of rotatable bonds is 4. The van der Waals surface area contributed by atoms with Gasteiger partial charge in [0.05, 0.1) is 24.4 Å². The monoisotopic (exact) mass is 325 g/mol. The molecule has 2 heterocycles. The van der Waals surface area contributed by atoms with Crippen LogP contribution < -0.4 is 4.74 Å². The minimum atomic E-state index is 0.0353. The van der Waals surface area contributed by atoms with Crippen molar-refractivity contribution in [1.29, 1.82) is 0 Å². The number of nitrogens with zero attached hydrogens (tertiary/aromatic N) is 4. The number of ether oxygens (including phenoxy) is 1. The Morgan fingerprint density at radius 2 is 2.25 bits per heavy atom. The van der Waals surface area contributed by atoms with E-state index in [0.717, 1.165) is 42.0 Å². The summed E-state index contributed by atoms with van der Waals surface area (Å²) in [6.45, 7) is 2.05. The Morgan fingerprint density at radius 1 is 1.33 bits per heavy atom. The number of aromatic amines is 1. The van der Waals surface area contributed by atoms with Gasteiger partial charge in [-0.3, -0.25) is 0 Å². The number of aryl methyl sites for hydroxylation is 2. The maximum absolute atomic E-state index is 5.52. The number of nitrogens with one attached hydrogen (secondary N) is 1. The van der Waals surface area contributed by atoms with Crippen LogP contribution in [0.5, 0.6) is 5.75 Å². The highest BCUT2D eigenvalue weighted by Crippen LogP contribution is 2.33. The molecule has 0 saturated carbocycles. The Morgan fingerprint density at radius 3 is 3.12 bits per heavy atom. The second-order valence-electron chi connectivity index (χ2n) is 6.14. The van der Waals surface area contributed by atoms with Gasteiger partial charge in [-0.15, -0.1) is 0 Å². The van der Waals surface area contributed by atoms with Crippen molar-refractivity contribution >= 4 is 0 Å². The van der Waals surface area contributed by atoms with Crippen LogP contribution in [-0.4, -0.2) is 32.7 Å². The fourth-order valence-electron chi connectivity index (χ4n) is 3.27. The molecule has 1 aromatic carbocycles. The summed E-state index contributed by atoms with van der Waals surface area (Å²) in [4.78, 5) is 4.60. The molecular weight excluding hydrogens is 306 g/mol. The molecule has 0 spiro atoms. The van der Waals surface area contributed by atoms with Gasteiger partial charge in [-0.25, -0.2) is 0 Å². The predicted octanol–water partition coefficient (Wildman–Crippen LogP) is 2.56. The van der Waals surface area contributed by atoms with Crippen LogP contribution >= 0.6 is 0 Å². The highest BCUT2D eigenvalue weighted by Gasteiger charge is 2.30. The second kappa shape index (κ2) is 6.07. The molecule has 0 aliphatic heterocycles. The molecule has 3 aromatic rings. The Bertz CT molecular complexity index is 854. The molecule has 4 rings (SSSR count). The van der Waals surface area contributed by atoms with Gasteiger partial charge in [0, 0.05) is 12.0 Å². The number of fused-ring (bicyclic) bond motifs is 1. The average molecular weight is 325 g/mol. The lowest BCUT2D eigenvalue weighted by molar-refractivity contribution is 0.348. The first-order valence-electron chi connectivity index (χ1n) is 8.10. The largest absolute Gasteiger partial charge is 0.496 e. The van der Waals surface area contributed by atoms with E-state index in [1.54, 1.807) is 7.11 Å². The zero-order valence-electron chi connectivity index (χ0n) is 13.7. The number of hydrogen-bond acceptors (Lipinski definition) is 6. The molecule has 0 fully saturated rings. The van der Waals surface area contributed by atoms with Gasteiger partial charge in [-0.2, -0.15) is 20.4 Å². The van der Waals surface area contributed by atoms with Crippen LogP contribution in [0.3, 0.4) is 0 Å². The first-order chi connectivity index (χ1) is 11.7. The summed E-state index contributed by atoms with van der Waals surface area (Å²) in [5.74, 6) is 2.15. The topological polar surface area (TPSA) is 89.7 Å². The van der Waals surface area contributed by atoms with Crippen molar-refractivity contribution in [3.05, 3.63) is 52.4 Å². The van der Waals surface area contributed by atoms with E-state index in [1.807, 2.05) is 12.1 Å². The summed E-state index contributed by atoms with van der Waals surface area (Å²) in [7, 11) is 1.67. The van der Waals surface area contributed by atoms with Crippen molar-refractivity contribution in [3.63, 3.8) is 0 Å². The Labute approximate surface area is 139 Å². The number of methoxy groups -OCH3 is 1. The molecule has 7 nitrogen and oxygen atoms in total. The van der Waals surface area contributed by atoms with Gasteiger partial charge in [-0.1, -0.05) is 22.9 Å². The molecule has 0 saturated heterocycles. The minimum Gasteiger partial charge on any atom is -0.496 e. The first-order valence-corrected chi connectivity index (χ1v) is 8.10. The van der Waals surface area contributed by atoms with E-state index in [4.69, 9.17) is 9.26 Å². The molecule has 1 aliphatic rings. The summed E-state index contributed by atoms with van der Waals surface area (Å²) in [6, 6.07) is 6.08. The van der Waals surface area contributed by atoms with Crippen LogP contribution in [0, 0.1) is 6.92 Å². The molecule has 0 amide bonds. The molecule has 7 heteroatoms. The summed E-state index contributed by atoms with van der Waals surface area (Å²) in [5.41, 5.74) is 4.17. The zero-order chi connectivity index (χ0) is 16.5. The molecule has 1 N–H and O–H groups in total. The Kier molecular flexibility index (Phi) is 3.76. The Hall–Kier alpha value is -2.70. The van der Waals surface area contributed by atoms with E-state index in [9.17, 15) is 0 Å². The normalized spacial score (nSPS) is 16.8. The van der Waals surface area contributed by atoms with Gasteiger partial charge >= 0.3 is 0 Å². The third-order valence-electron chi connectivity index (χ3n) is 4.45. The maximum Gasteiger partial charge on any atom is 0.235 e. The lowest BCUT2D eigenvalue weighted by Crippen LogP contribution is -2.11. The average Bonchev–Trinajstić information content (AvgIpc) is 3.23. The van der Waals surface area contributed by atoms with Crippen LogP contribution in [0.15, 0.2) is 22.7 Å². The van der Waals surface area contributed by atoms with Gasteiger partial charge in [0.1, 0.15) is 5.75 Å². The first kappa shape index (κ1) is 14.9. The third-order valence-corrected chi connectivity index (χ3v) is 4.45. The van der Waals surface area contributed by atoms with E-state index in [0.29, 0.717) is 18.1 Å². The van der Waals surface area contributed by atoms with Crippen LogP contribution in [0.4, 0.5) is 0 Å². The summed E-state index contributed by atoms with van der Waals surface area (Å²) < 4.78 is 10.9. The van der Waals surface area contributed by atoms with E-state index < -0.39 is 0 Å². The Balaban J connectivity index is 1.60. The standard InChI is InChI=1S/C17H19N5O2/c1-10-6-7-14(23-2)11(8-10)9-15-18-17(24-21-15)12-4-3-5-13-16(12)20-22-19-13/h6-8,12H,3-5,9H2,1-2H3,(H,19,20,22). The third kappa shape index (κ3) is 2.66. The fourth-order valence-corrected chi connectivity index (χ4v) is 3.27. The molecule has 0 radical (unpaired) electrons. The molecule has 124 valence electrons. The van der Waals surface area contributed by atoms with E-state index in [1.165, 1.54) is 5.56 Å². The SMILES string of the molecule is COc1ccc(C)cc1Cc1noc(C2CCCc3n[nH]nc32)n1. The number of H-pyrrole nitrogens is 1. The second-order valence-corrected chi connectivity index (χ2v) is 6.14. The highest BCUT2D eigenvalue weighted by atomic mass is 16.5. The molecule has 0 bridgehead atoms. The van der Waals surface area contributed by atoms with E-state index >= 15 is 0 Å².